The van der Waals surface area contributed by atoms with E-state index in [1.54, 1.807) is 7.11 Å². The molecule has 0 radical (unpaired) electrons. The summed E-state index contributed by atoms with van der Waals surface area (Å²) in [7, 11) is 1.63. The van der Waals surface area contributed by atoms with Crippen LogP contribution in [0.25, 0.3) is 0 Å². The summed E-state index contributed by atoms with van der Waals surface area (Å²) in [5.74, 6) is -1.89. The number of carboxylic acid groups (broad SMARTS) is 1. The summed E-state index contributed by atoms with van der Waals surface area (Å²) >= 11 is 0. The van der Waals surface area contributed by atoms with Gasteiger partial charge in [-0.25, -0.2) is 9.59 Å². The Balaban J connectivity index is 4.00. The first kappa shape index (κ1) is 18.1. The first-order valence-electron chi connectivity index (χ1n) is 6.39. The first-order valence-corrected chi connectivity index (χ1v) is 6.39. The third-order valence-corrected chi connectivity index (χ3v) is 2.76. The standard InChI is InChI=1S/C13H22N2O5/c1-9(10(2)12(17)18)11(16)15-13(19)14-7-5-4-6-8-20-3/h4-8H2,1-3H3,(H,17,18)(H2,14,15,16,19). The van der Waals surface area contributed by atoms with Crippen LogP contribution in [0.4, 0.5) is 4.79 Å². The van der Waals surface area contributed by atoms with E-state index < -0.39 is 17.9 Å². The Morgan fingerprint density at radius 2 is 1.70 bits per heavy atom. The van der Waals surface area contributed by atoms with Crippen molar-refractivity contribution in [3.8, 4) is 0 Å². The third-order valence-electron chi connectivity index (χ3n) is 2.76. The maximum Gasteiger partial charge on any atom is 0.331 e. The molecule has 0 saturated carbocycles. The van der Waals surface area contributed by atoms with Gasteiger partial charge in [0.15, 0.2) is 0 Å². The monoisotopic (exact) mass is 286 g/mol. The molecule has 3 N–H and O–H groups in total. The highest BCUT2D eigenvalue weighted by Gasteiger charge is 2.14. The van der Waals surface area contributed by atoms with Crippen LogP contribution in [0.15, 0.2) is 11.1 Å². The van der Waals surface area contributed by atoms with E-state index in [2.05, 4.69) is 10.6 Å². The van der Waals surface area contributed by atoms with Crippen molar-refractivity contribution >= 4 is 17.9 Å². The third kappa shape index (κ3) is 7.52. The number of carbonyl (C=O) groups excluding carboxylic acids is 2. The van der Waals surface area contributed by atoms with Crippen LogP contribution in [0.1, 0.15) is 33.1 Å². The van der Waals surface area contributed by atoms with Gasteiger partial charge < -0.3 is 15.2 Å². The van der Waals surface area contributed by atoms with Crippen LogP contribution in [-0.4, -0.2) is 43.3 Å². The Kier molecular flexibility index (Phi) is 9.02. The summed E-state index contributed by atoms with van der Waals surface area (Å²) < 4.78 is 4.89. The lowest BCUT2D eigenvalue weighted by atomic mass is 10.1. The summed E-state index contributed by atoms with van der Waals surface area (Å²) in [5, 5.41) is 13.3. The number of amides is 3. The van der Waals surface area contributed by atoms with Crippen LogP contribution >= 0.6 is 0 Å². The Hall–Kier alpha value is -1.89. The molecular formula is C13H22N2O5. The molecule has 0 fully saturated rings. The van der Waals surface area contributed by atoms with Crippen molar-refractivity contribution in [3.63, 3.8) is 0 Å². The normalized spacial score (nSPS) is 11.6. The molecule has 20 heavy (non-hydrogen) atoms. The molecule has 7 heteroatoms. The minimum Gasteiger partial charge on any atom is -0.478 e. The van der Waals surface area contributed by atoms with Gasteiger partial charge in [-0.15, -0.1) is 0 Å². The lowest BCUT2D eigenvalue weighted by molar-refractivity contribution is -0.133. The van der Waals surface area contributed by atoms with Crippen LogP contribution in [0.2, 0.25) is 0 Å². The lowest BCUT2D eigenvalue weighted by Gasteiger charge is -2.07. The van der Waals surface area contributed by atoms with Crippen LogP contribution in [-0.2, 0) is 14.3 Å². The Bertz CT molecular complexity index is 390. The number of imide groups is 1. The zero-order valence-electron chi connectivity index (χ0n) is 12.1. The molecule has 7 nitrogen and oxygen atoms in total. The van der Waals surface area contributed by atoms with Crippen molar-refractivity contribution in [2.24, 2.45) is 0 Å². The fourth-order valence-electron chi connectivity index (χ4n) is 1.32. The number of carboxylic acids is 1. The number of hydrogen-bond donors (Lipinski definition) is 3. The maximum absolute atomic E-state index is 11.6. The second-order valence-corrected chi connectivity index (χ2v) is 4.32. The van der Waals surface area contributed by atoms with Gasteiger partial charge in [-0.2, -0.15) is 0 Å². The number of rotatable bonds is 8. The molecule has 0 bridgehead atoms. The lowest BCUT2D eigenvalue weighted by Crippen LogP contribution is -2.40. The van der Waals surface area contributed by atoms with Crippen molar-refractivity contribution in [1.29, 1.82) is 0 Å². The van der Waals surface area contributed by atoms with Crippen LogP contribution < -0.4 is 10.6 Å². The second-order valence-electron chi connectivity index (χ2n) is 4.32. The van der Waals surface area contributed by atoms with E-state index >= 15 is 0 Å². The van der Waals surface area contributed by atoms with Gasteiger partial charge in [-0.3, -0.25) is 10.1 Å². The van der Waals surface area contributed by atoms with E-state index in [1.165, 1.54) is 13.8 Å². The highest BCUT2D eigenvalue weighted by Crippen LogP contribution is 2.03. The van der Waals surface area contributed by atoms with Gasteiger partial charge in [-0.1, -0.05) is 0 Å². The summed E-state index contributed by atoms with van der Waals surface area (Å²) in [5.41, 5.74) is -0.0809. The van der Waals surface area contributed by atoms with E-state index in [0.29, 0.717) is 13.2 Å². The highest BCUT2D eigenvalue weighted by atomic mass is 16.5. The van der Waals surface area contributed by atoms with Crippen molar-refractivity contribution in [1.82, 2.24) is 10.6 Å². The summed E-state index contributed by atoms with van der Waals surface area (Å²) in [6.45, 7) is 3.80. The molecule has 0 aliphatic rings. The maximum atomic E-state index is 11.6. The van der Waals surface area contributed by atoms with Gasteiger partial charge in [0.1, 0.15) is 0 Å². The molecular weight excluding hydrogens is 264 g/mol. The number of carbonyl (C=O) groups is 3. The van der Waals surface area contributed by atoms with Crippen molar-refractivity contribution in [2.75, 3.05) is 20.3 Å². The molecule has 0 heterocycles. The molecule has 0 aliphatic carbocycles. The van der Waals surface area contributed by atoms with Crippen LogP contribution in [0.5, 0.6) is 0 Å². The Morgan fingerprint density at radius 1 is 1.05 bits per heavy atom. The number of ether oxygens (including phenoxy) is 1. The number of aliphatic carboxylic acids is 1. The second kappa shape index (κ2) is 9.96. The van der Waals surface area contributed by atoms with Gasteiger partial charge in [0, 0.05) is 31.4 Å². The fourth-order valence-corrected chi connectivity index (χ4v) is 1.32. The first-order chi connectivity index (χ1) is 9.40. The SMILES string of the molecule is COCCCCCNC(=O)NC(=O)C(C)=C(C)C(=O)O. The van der Waals surface area contributed by atoms with Gasteiger partial charge in [0.05, 0.1) is 0 Å². The van der Waals surface area contributed by atoms with Gasteiger partial charge in [-0.05, 0) is 33.1 Å². The van der Waals surface area contributed by atoms with E-state index in [1.807, 2.05) is 0 Å². The minimum atomic E-state index is -1.18. The quantitative estimate of drug-likeness (QED) is 0.457. The number of methoxy groups -OCH3 is 1. The molecule has 0 aliphatic heterocycles. The highest BCUT2D eigenvalue weighted by molar-refractivity contribution is 6.07. The molecule has 0 unspecified atom stereocenters. The van der Waals surface area contributed by atoms with E-state index in [-0.39, 0.29) is 11.1 Å². The largest absolute Gasteiger partial charge is 0.478 e. The molecule has 0 aromatic rings. The zero-order chi connectivity index (χ0) is 15.5. The van der Waals surface area contributed by atoms with Crippen molar-refractivity contribution in [3.05, 3.63) is 11.1 Å². The number of urea groups is 1. The smallest absolute Gasteiger partial charge is 0.331 e. The number of nitrogens with one attached hydrogen (secondary N) is 2. The molecule has 0 atom stereocenters. The molecule has 0 spiro atoms. The Labute approximate surface area is 118 Å². The minimum absolute atomic E-state index is 0.00717. The zero-order valence-corrected chi connectivity index (χ0v) is 12.1. The number of hydrogen-bond acceptors (Lipinski definition) is 4. The predicted octanol–water partition coefficient (Wildman–Crippen LogP) is 1.05. The predicted molar refractivity (Wildman–Crippen MR) is 73.3 cm³/mol. The van der Waals surface area contributed by atoms with Crippen molar-refractivity contribution < 1.29 is 24.2 Å². The summed E-state index contributed by atoms with van der Waals surface area (Å²) in [6.07, 6.45) is 2.62. The number of unbranched alkanes of at least 4 members (excludes halogenated alkanes) is 2. The fraction of sp³-hybridized carbons (Fsp3) is 0.615. The van der Waals surface area contributed by atoms with E-state index in [9.17, 15) is 14.4 Å². The molecule has 0 aromatic carbocycles. The molecule has 0 rings (SSSR count). The molecule has 0 aromatic heterocycles. The average molecular weight is 286 g/mol. The summed E-state index contributed by atoms with van der Waals surface area (Å²) in [6, 6.07) is -0.626. The van der Waals surface area contributed by atoms with Crippen LogP contribution in [0, 0.1) is 0 Å². The molecule has 114 valence electrons. The van der Waals surface area contributed by atoms with Gasteiger partial charge in [0.25, 0.3) is 5.91 Å². The van der Waals surface area contributed by atoms with Crippen molar-refractivity contribution in [2.45, 2.75) is 33.1 Å². The van der Waals surface area contributed by atoms with Gasteiger partial charge in [0.2, 0.25) is 0 Å². The average Bonchev–Trinajstić information content (AvgIpc) is 2.40. The molecule has 3 amide bonds. The van der Waals surface area contributed by atoms with E-state index in [0.717, 1.165) is 19.3 Å². The van der Waals surface area contributed by atoms with Crippen LogP contribution in [0.3, 0.4) is 0 Å². The van der Waals surface area contributed by atoms with Gasteiger partial charge >= 0.3 is 12.0 Å². The topological polar surface area (TPSA) is 105 Å². The van der Waals surface area contributed by atoms with E-state index in [4.69, 9.17) is 9.84 Å². The Morgan fingerprint density at radius 3 is 2.25 bits per heavy atom. The molecule has 0 saturated heterocycles. The summed E-state index contributed by atoms with van der Waals surface area (Å²) in [4.78, 5) is 33.6.